The highest BCUT2D eigenvalue weighted by molar-refractivity contribution is 5.76. The average molecular weight is 466 g/mol. The molecule has 9 nitrogen and oxygen atoms in total. The molecule has 1 amide bonds. The topological polar surface area (TPSA) is 100 Å². The second kappa shape index (κ2) is 10.3. The fraction of sp³-hybridized carbons (Fsp3) is 0.480. The first-order chi connectivity index (χ1) is 16.4. The molecular formula is C25H35N7O2. The molecule has 0 spiro atoms. The van der Waals surface area contributed by atoms with Crippen molar-refractivity contribution in [3.8, 4) is 23.0 Å². The zero-order valence-corrected chi connectivity index (χ0v) is 20.6. The molecule has 2 aromatic heterocycles. The third kappa shape index (κ3) is 4.94. The SMILES string of the molecule is CCC(=O)N1CCN(c2cnc(C)c(-c3nnc(-c4ccc(CNC)cc4)o3)n2)C[C@@H]1C(C)C.[HH]. The van der Waals surface area contributed by atoms with Crippen LogP contribution in [0.5, 0.6) is 0 Å². The highest BCUT2D eigenvalue weighted by atomic mass is 16.4. The van der Waals surface area contributed by atoms with Crippen LogP contribution in [0.25, 0.3) is 23.0 Å². The van der Waals surface area contributed by atoms with Gasteiger partial charge in [-0.2, -0.15) is 0 Å². The summed E-state index contributed by atoms with van der Waals surface area (Å²) in [5.41, 5.74) is 3.34. The van der Waals surface area contributed by atoms with Crippen LogP contribution in [0, 0.1) is 12.8 Å². The molecule has 34 heavy (non-hydrogen) atoms. The zero-order valence-electron chi connectivity index (χ0n) is 20.6. The summed E-state index contributed by atoms with van der Waals surface area (Å²) in [4.78, 5) is 26.0. The summed E-state index contributed by atoms with van der Waals surface area (Å²) in [6.45, 7) is 11.0. The molecule has 1 saturated heterocycles. The number of anilines is 1. The molecule has 9 heteroatoms. The van der Waals surface area contributed by atoms with Gasteiger partial charge in [0.1, 0.15) is 5.82 Å². The van der Waals surface area contributed by atoms with Gasteiger partial charge in [-0.05, 0) is 37.6 Å². The summed E-state index contributed by atoms with van der Waals surface area (Å²) >= 11 is 0. The summed E-state index contributed by atoms with van der Waals surface area (Å²) in [6.07, 6.45) is 2.31. The highest BCUT2D eigenvalue weighted by Crippen LogP contribution is 2.28. The number of carbonyl (C=O) groups is 1. The van der Waals surface area contributed by atoms with Crippen molar-refractivity contribution >= 4 is 11.7 Å². The van der Waals surface area contributed by atoms with Gasteiger partial charge in [-0.15, -0.1) is 10.2 Å². The average Bonchev–Trinajstić information content (AvgIpc) is 3.34. The van der Waals surface area contributed by atoms with Crippen molar-refractivity contribution in [3.63, 3.8) is 0 Å². The van der Waals surface area contributed by atoms with Crippen molar-refractivity contribution in [3.05, 3.63) is 41.7 Å². The van der Waals surface area contributed by atoms with Crippen molar-refractivity contribution in [2.75, 3.05) is 31.6 Å². The first kappa shape index (κ1) is 23.8. The molecule has 1 aliphatic heterocycles. The van der Waals surface area contributed by atoms with E-state index in [-0.39, 0.29) is 13.4 Å². The predicted molar refractivity (Wildman–Crippen MR) is 133 cm³/mol. The van der Waals surface area contributed by atoms with Gasteiger partial charge in [0.15, 0.2) is 5.69 Å². The monoisotopic (exact) mass is 465 g/mol. The molecule has 1 N–H and O–H groups in total. The molecule has 182 valence electrons. The molecule has 1 aromatic carbocycles. The molecule has 0 unspecified atom stereocenters. The van der Waals surface area contributed by atoms with Crippen LogP contribution in [0.3, 0.4) is 0 Å². The van der Waals surface area contributed by atoms with Gasteiger partial charge in [-0.1, -0.05) is 32.9 Å². The van der Waals surface area contributed by atoms with Crippen LogP contribution in [-0.4, -0.2) is 63.7 Å². The lowest BCUT2D eigenvalue weighted by Gasteiger charge is -2.43. The largest absolute Gasteiger partial charge is 0.415 e. The van der Waals surface area contributed by atoms with E-state index in [2.05, 4.69) is 39.2 Å². The number of benzene rings is 1. The van der Waals surface area contributed by atoms with Crippen LogP contribution in [0.4, 0.5) is 5.82 Å². The fourth-order valence-corrected chi connectivity index (χ4v) is 4.30. The normalized spacial score (nSPS) is 16.4. The number of carbonyl (C=O) groups excluding carboxylic acids is 1. The van der Waals surface area contributed by atoms with Crippen LogP contribution >= 0.6 is 0 Å². The van der Waals surface area contributed by atoms with Gasteiger partial charge in [0.05, 0.1) is 17.9 Å². The molecule has 1 fully saturated rings. The van der Waals surface area contributed by atoms with E-state index in [1.165, 1.54) is 5.56 Å². The van der Waals surface area contributed by atoms with Crippen molar-refractivity contribution < 1.29 is 10.6 Å². The number of rotatable bonds is 7. The van der Waals surface area contributed by atoms with Crippen LogP contribution in [0.2, 0.25) is 0 Å². The van der Waals surface area contributed by atoms with Crippen molar-refractivity contribution in [1.29, 1.82) is 0 Å². The van der Waals surface area contributed by atoms with Gasteiger partial charge in [-0.25, -0.2) is 4.98 Å². The maximum atomic E-state index is 12.4. The summed E-state index contributed by atoms with van der Waals surface area (Å²) in [7, 11) is 1.92. The second-order valence-electron chi connectivity index (χ2n) is 9.00. The molecule has 3 aromatic rings. The number of nitrogens with zero attached hydrogens (tertiary/aromatic N) is 6. The molecule has 0 radical (unpaired) electrons. The van der Waals surface area contributed by atoms with Crippen molar-refractivity contribution in [2.24, 2.45) is 5.92 Å². The Hall–Kier alpha value is -3.33. The van der Waals surface area contributed by atoms with E-state index in [0.29, 0.717) is 49.4 Å². The van der Waals surface area contributed by atoms with Gasteiger partial charge >= 0.3 is 0 Å². The molecule has 1 aliphatic rings. The molecular weight excluding hydrogens is 430 g/mol. The Morgan fingerprint density at radius 3 is 2.62 bits per heavy atom. The molecule has 0 bridgehead atoms. The van der Waals surface area contributed by atoms with Crippen LogP contribution < -0.4 is 10.2 Å². The van der Waals surface area contributed by atoms with Crippen LogP contribution in [-0.2, 0) is 11.3 Å². The zero-order chi connectivity index (χ0) is 24.2. The summed E-state index contributed by atoms with van der Waals surface area (Å²) in [6, 6.07) is 8.16. The predicted octanol–water partition coefficient (Wildman–Crippen LogP) is 3.55. The summed E-state index contributed by atoms with van der Waals surface area (Å²) < 4.78 is 5.99. The minimum atomic E-state index is 0. The smallest absolute Gasteiger partial charge is 0.268 e. The Balaban J connectivity index is 0.00000342. The Morgan fingerprint density at radius 1 is 1.21 bits per heavy atom. The van der Waals surface area contributed by atoms with Crippen molar-refractivity contribution in [1.82, 2.24) is 30.4 Å². The number of piperazine rings is 1. The summed E-state index contributed by atoms with van der Waals surface area (Å²) in [5.74, 6) is 2.09. The third-order valence-electron chi connectivity index (χ3n) is 6.29. The molecule has 4 rings (SSSR count). The maximum absolute atomic E-state index is 12.4. The first-order valence-electron chi connectivity index (χ1n) is 11.9. The Labute approximate surface area is 202 Å². The molecule has 0 aliphatic carbocycles. The number of nitrogens with one attached hydrogen (secondary N) is 1. The Kier molecular flexibility index (Phi) is 7.21. The Bertz CT molecular complexity index is 1130. The first-order valence-corrected chi connectivity index (χ1v) is 11.9. The summed E-state index contributed by atoms with van der Waals surface area (Å²) in [5, 5.41) is 11.6. The minimum absolute atomic E-state index is 0. The minimum Gasteiger partial charge on any atom is -0.415 e. The molecule has 0 saturated carbocycles. The lowest BCUT2D eigenvalue weighted by molar-refractivity contribution is -0.134. The third-order valence-corrected chi connectivity index (χ3v) is 6.29. The number of hydrogen-bond donors (Lipinski definition) is 1. The highest BCUT2D eigenvalue weighted by Gasteiger charge is 2.32. The number of amides is 1. The van der Waals surface area contributed by atoms with E-state index < -0.39 is 0 Å². The van der Waals surface area contributed by atoms with E-state index in [4.69, 9.17) is 9.40 Å². The van der Waals surface area contributed by atoms with E-state index >= 15 is 0 Å². The van der Waals surface area contributed by atoms with Gasteiger partial charge in [-0.3, -0.25) is 9.78 Å². The molecule has 3 heterocycles. The quantitative estimate of drug-likeness (QED) is 0.565. The van der Waals surface area contributed by atoms with Gasteiger partial charge in [0.25, 0.3) is 5.89 Å². The number of hydrogen-bond acceptors (Lipinski definition) is 8. The van der Waals surface area contributed by atoms with Gasteiger partial charge in [0.2, 0.25) is 11.8 Å². The van der Waals surface area contributed by atoms with E-state index in [1.54, 1.807) is 6.20 Å². The van der Waals surface area contributed by atoms with E-state index in [0.717, 1.165) is 23.6 Å². The second-order valence-corrected chi connectivity index (χ2v) is 9.00. The van der Waals surface area contributed by atoms with E-state index in [9.17, 15) is 4.79 Å². The van der Waals surface area contributed by atoms with Crippen molar-refractivity contribution in [2.45, 2.75) is 46.7 Å². The molecule has 1 atom stereocenters. The van der Waals surface area contributed by atoms with Gasteiger partial charge < -0.3 is 19.5 Å². The fourth-order valence-electron chi connectivity index (χ4n) is 4.30. The number of aryl methyl sites for hydroxylation is 1. The van der Waals surface area contributed by atoms with Gasteiger partial charge in [0, 0.05) is 39.6 Å². The number of aromatic nitrogens is 4. The lowest BCUT2D eigenvalue weighted by Crippen LogP contribution is -2.57. The lowest BCUT2D eigenvalue weighted by atomic mass is 9.99. The standard InChI is InChI=1S/C25H33N7O2.H2/c1-6-22(33)32-12-11-31(15-20(32)16(2)3)21-14-27-17(4)23(28-21)25-30-29-24(34-25)19-9-7-18(8-10-19)13-26-5;/h7-10,14,16,20,26H,6,11-13,15H2,1-5H3;1H/t20-;/m1./s1. The van der Waals surface area contributed by atoms with Crippen LogP contribution in [0.15, 0.2) is 34.9 Å². The maximum Gasteiger partial charge on any atom is 0.268 e. The van der Waals surface area contributed by atoms with Crippen LogP contribution in [0.1, 0.15) is 39.9 Å². The van der Waals surface area contributed by atoms with E-state index in [1.807, 2.05) is 50.1 Å². The Morgan fingerprint density at radius 2 is 1.94 bits per heavy atom.